The van der Waals surface area contributed by atoms with Crippen LogP contribution in [-0.2, 0) is 11.2 Å². The molecule has 2 aromatic carbocycles. The minimum atomic E-state index is -0.577. The molecule has 1 heterocycles. The molecule has 1 atom stereocenters. The fourth-order valence-electron chi connectivity index (χ4n) is 3.45. The highest BCUT2D eigenvalue weighted by Crippen LogP contribution is 2.35. The summed E-state index contributed by atoms with van der Waals surface area (Å²) in [7, 11) is 0. The van der Waals surface area contributed by atoms with Crippen molar-refractivity contribution in [3.8, 4) is 0 Å². The number of hydrogen-bond acceptors (Lipinski definition) is 2. The van der Waals surface area contributed by atoms with E-state index >= 15 is 0 Å². The van der Waals surface area contributed by atoms with E-state index in [0.29, 0.717) is 30.1 Å². The van der Waals surface area contributed by atoms with Crippen LogP contribution in [0.3, 0.4) is 0 Å². The Labute approximate surface area is 165 Å². The Hall–Kier alpha value is -2.33. The van der Waals surface area contributed by atoms with E-state index in [9.17, 15) is 9.59 Å². The highest BCUT2D eigenvalue weighted by atomic mass is 35.5. The number of benzene rings is 2. The molecule has 0 aliphatic carbocycles. The lowest BCUT2D eigenvalue weighted by Crippen LogP contribution is -2.43. The summed E-state index contributed by atoms with van der Waals surface area (Å²) in [5.74, 6) is -0.213. The summed E-state index contributed by atoms with van der Waals surface area (Å²) in [6, 6.07) is 14.4. The van der Waals surface area contributed by atoms with Gasteiger partial charge in [-0.3, -0.25) is 9.59 Å². The quantitative estimate of drug-likeness (QED) is 0.838. The van der Waals surface area contributed by atoms with Crippen LogP contribution in [0.25, 0.3) is 0 Å². The number of nitrogens with one attached hydrogen (secondary N) is 1. The molecular weight excluding hydrogens is 360 g/mol. The average molecular weight is 385 g/mol. The second kappa shape index (κ2) is 7.73. The van der Waals surface area contributed by atoms with Gasteiger partial charge in [0.15, 0.2) is 0 Å². The SMILES string of the molecule is CC(C)(C)CN1C(=O)c2ccccc2C1C(=O)NCCc1cccc(Cl)c1. The number of amides is 2. The van der Waals surface area contributed by atoms with Gasteiger partial charge in [0.05, 0.1) is 0 Å². The summed E-state index contributed by atoms with van der Waals surface area (Å²) in [6.45, 7) is 7.22. The molecule has 1 aliphatic rings. The normalized spacial score (nSPS) is 16.4. The van der Waals surface area contributed by atoms with Gasteiger partial charge in [0.25, 0.3) is 5.91 Å². The van der Waals surface area contributed by atoms with Crippen LogP contribution >= 0.6 is 11.6 Å². The van der Waals surface area contributed by atoms with Gasteiger partial charge in [0.1, 0.15) is 6.04 Å². The van der Waals surface area contributed by atoms with Crippen molar-refractivity contribution in [2.24, 2.45) is 5.41 Å². The zero-order valence-electron chi connectivity index (χ0n) is 16.0. The third-order valence-electron chi connectivity index (χ3n) is 4.55. The molecule has 0 bridgehead atoms. The van der Waals surface area contributed by atoms with Crippen LogP contribution in [0.15, 0.2) is 48.5 Å². The zero-order valence-corrected chi connectivity index (χ0v) is 16.7. The van der Waals surface area contributed by atoms with Gasteiger partial charge in [-0.05, 0) is 41.2 Å². The van der Waals surface area contributed by atoms with Crippen LogP contribution in [0, 0.1) is 5.41 Å². The first-order valence-electron chi connectivity index (χ1n) is 9.18. The van der Waals surface area contributed by atoms with Crippen LogP contribution in [0.2, 0.25) is 5.02 Å². The molecule has 4 nitrogen and oxygen atoms in total. The molecule has 0 aromatic heterocycles. The fraction of sp³-hybridized carbons (Fsp3) is 0.364. The van der Waals surface area contributed by atoms with Gasteiger partial charge >= 0.3 is 0 Å². The molecule has 0 saturated carbocycles. The summed E-state index contributed by atoms with van der Waals surface area (Å²) >= 11 is 6.01. The van der Waals surface area contributed by atoms with E-state index in [0.717, 1.165) is 11.1 Å². The molecule has 2 aromatic rings. The van der Waals surface area contributed by atoms with Crippen molar-refractivity contribution in [2.45, 2.75) is 33.2 Å². The van der Waals surface area contributed by atoms with Crippen LogP contribution < -0.4 is 5.32 Å². The highest BCUT2D eigenvalue weighted by Gasteiger charge is 2.42. The lowest BCUT2D eigenvalue weighted by Gasteiger charge is -2.31. The van der Waals surface area contributed by atoms with E-state index in [-0.39, 0.29) is 17.2 Å². The predicted molar refractivity (Wildman–Crippen MR) is 108 cm³/mol. The van der Waals surface area contributed by atoms with Crippen molar-refractivity contribution in [1.82, 2.24) is 10.2 Å². The van der Waals surface area contributed by atoms with E-state index in [1.54, 1.807) is 11.0 Å². The molecule has 1 unspecified atom stereocenters. The van der Waals surface area contributed by atoms with Gasteiger partial charge in [-0.15, -0.1) is 0 Å². The van der Waals surface area contributed by atoms with Crippen LogP contribution in [0.1, 0.15) is 48.3 Å². The first-order valence-corrected chi connectivity index (χ1v) is 9.56. The Morgan fingerprint density at radius 1 is 1.15 bits per heavy atom. The lowest BCUT2D eigenvalue weighted by atomic mass is 9.95. The summed E-state index contributed by atoms with van der Waals surface area (Å²) in [5, 5.41) is 3.68. The third kappa shape index (κ3) is 4.51. The average Bonchev–Trinajstić information content (AvgIpc) is 2.86. The van der Waals surface area contributed by atoms with Gasteiger partial charge < -0.3 is 10.2 Å². The molecule has 2 amide bonds. The molecule has 27 heavy (non-hydrogen) atoms. The van der Waals surface area contributed by atoms with Crippen molar-refractivity contribution >= 4 is 23.4 Å². The Kier molecular flexibility index (Phi) is 5.56. The third-order valence-corrected chi connectivity index (χ3v) is 4.79. The molecule has 0 radical (unpaired) electrons. The van der Waals surface area contributed by atoms with E-state index < -0.39 is 6.04 Å². The lowest BCUT2D eigenvalue weighted by molar-refractivity contribution is -0.125. The zero-order chi connectivity index (χ0) is 19.6. The van der Waals surface area contributed by atoms with E-state index in [2.05, 4.69) is 26.1 Å². The first-order chi connectivity index (χ1) is 12.8. The summed E-state index contributed by atoms with van der Waals surface area (Å²) in [4.78, 5) is 27.5. The Morgan fingerprint density at radius 2 is 1.89 bits per heavy atom. The molecule has 0 fully saturated rings. The molecule has 1 aliphatic heterocycles. The van der Waals surface area contributed by atoms with Gasteiger partial charge in [-0.2, -0.15) is 0 Å². The molecule has 142 valence electrons. The number of carbonyl (C=O) groups excluding carboxylic acids is 2. The number of hydrogen-bond donors (Lipinski definition) is 1. The van der Waals surface area contributed by atoms with Crippen molar-refractivity contribution in [3.05, 3.63) is 70.2 Å². The Balaban J connectivity index is 1.74. The molecule has 3 rings (SSSR count). The standard InChI is InChI=1S/C22H25ClN2O2/c1-22(2,3)14-25-19(17-9-4-5-10-18(17)21(25)27)20(26)24-12-11-15-7-6-8-16(23)13-15/h4-10,13,19H,11-12,14H2,1-3H3,(H,24,26). The highest BCUT2D eigenvalue weighted by molar-refractivity contribution is 6.30. The van der Waals surface area contributed by atoms with Gasteiger partial charge in [-0.25, -0.2) is 0 Å². The summed E-state index contributed by atoms with van der Waals surface area (Å²) in [6.07, 6.45) is 0.688. The monoisotopic (exact) mass is 384 g/mol. The maximum Gasteiger partial charge on any atom is 0.255 e. The largest absolute Gasteiger partial charge is 0.354 e. The molecule has 5 heteroatoms. The maximum absolute atomic E-state index is 13.0. The predicted octanol–water partition coefficient (Wildman–Crippen LogP) is 4.24. The Bertz CT molecular complexity index is 857. The second-order valence-corrected chi connectivity index (χ2v) is 8.59. The molecule has 0 saturated heterocycles. The number of rotatable bonds is 5. The number of carbonyl (C=O) groups is 2. The minimum absolute atomic E-state index is 0.0736. The van der Waals surface area contributed by atoms with Crippen molar-refractivity contribution < 1.29 is 9.59 Å². The fourth-order valence-corrected chi connectivity index (χ4v) is 3.66. The van der Waals surface area contributed by atoms with Gasteiger partial charge in [0, 0.05) is 23.7 Å². The minimum Gasteiger partial charge on any atom is -0.354 e. The summed E-state index contributed by atoms with van der Waals surface area (Å²) in [5.41, 5.74) is 2.37. The smallest absolute Gasteiger partial charge is 0.255 e. The molecule has 1 N–H and O–H groups in total. The van der Waals surface area contributed by atoms with Crippen molar-refractivity contribution in [3.63, 3.8) is 0 Å². The molecular formula is C22H25ClN2O2. The van der Waals surface area contributed by atoms with Crippen LogP contribution in [-0.4, -0.2) is 29.8 Å². The Morgan fingerprint density at radius 3 is 2.59 bits per heavy atom. The van der Waals surface area contributed by atoms with Gasteiger partial charge in [-0.1, -0.05) is 62.7 Å². The summed E-state index contributed by atoms with van der Waals surface area (Å²) < 4.78 is 0. The number of fused-ring (bicyclic) bond motifs is 1. The number of nitrogens with zero attached hydrogens (tertiary/aromatic N) is 1. The topological polar surface area (TPSA) is 49.4 Å². The van der Waals surface area contributed by atoms with Crippen molar-refractivity contribution in [2.75, 3.05) is 13.1 Å². The van der Waals surface area contributed by atoms with Gasteiger partial charge in [0.2, 0.25) is 5.91 Å². The van der Waals surface area contributed by atoms with E-state index in [4.69, 9.17) is 11.6 Å². The van der Waals surface area contributed by atoms with E-state index in [1.807, 2.05) is 42.5 Å². The molecule has 0 spiro atoms. The maximum atomic E-state index is 13.0. The van der Waals surface area contributed by atoms with E-state index in [1.165, 1.54) is 0 Å². The van der Waals surface area contributed by atoms with Crippen LogP contribution in [0.4, 0.5) is 0 Å². The van der Waals surface area contributed by atoms with Crippen LogP contribution in [0.5, 0.6) is 0 Å². The second-order valence-electron chi connectivity index (χ2n) is 8.15. The van der Waals surface area contributed by atoms with Crippen molar-refractivity contribution in [1.29, 1.82) is 0 Å². The number of halogens is 1. The first kappa shape index (κ1) is 19.4.